The first-order valence-corrected chi connectivity index (χ1v) is 8.62. The SMILES string of the molecule is CCCCCCCCCCCCCS(=O)(=O)O.[H-].[K+]. The van der Waals surface area contributed by atoms with Gasteiger partial charge in [0.2, 0.25) is 0 Å². The van der Waals surface area contributed by atoms with Crippen molar-refractivity contribution in [3.63, 3.8) is 0 Å². The smallest absolute Gasteiger partial charge is 1.00 e. The fraction of sp³-hybridized carbons (Fsp3) is 1.00. The van der Waals surface area contributed by atoms with Crippen LogP contribution in [0.25, 0.3) is 0 Å². The van der Waals surface area contributed by atoms with Crippen LogP contribution in [-0.2, 0) is 10.1 Å². The Kier molecular flexibility index (Phi) is 18.1. The first-order valence-electron chi connectivity index (χ1n) is 7.01. The van der Waals surface area contributed by atoms with Gasteiger partial charge in [-0.25, -0.2) is 0 Å². The molecule has 3 nitrogen and oxygen atoms in total. The van der Waals surface area contributed by atoms with E-state index in [2.05, 4.69) is 6.92 Å². The predicted octanol–water partition coefficient (Wildman–Crippen LogP) is 1.30. The standard InChI is InChI=1S/C13H28O3S.K.H/c1-2-3-4-5-6-7-8-9-10-11-12-13-17(14,15)16;;/h2-13H2,1H3,(H,14,15,16);;/q;+1;-1. The van der Waals surface area contributed by atoms with Gasteiger partial charge in [-0.3, -0.25) is 4.55 Å². The van der Waals surface area contributed by atoms with Crippen LogP contribution in [0.15, 0.2) is 0 Å². The van der Waals surface area contributed by atoms with Crippen molar-refractivity contribution in [2.75, 3.05) is 5.75 Å². The average Bonchev–Trinajstić information content (AvgIpc) is 2.24. The van der Waals surface area contributed by atoms with Crippen molar-refractivity contribution < 1.29 is 65.8 Å². The molecule has 0 bridgehead atoms. The summed E-state index contributed by atoms with van der Waals surface area (Å²) < 4.78 is 29.4. The van der Waals surface area contributed by atoms with E-state index in [9.17, 15) is 8.42 Å². The average molecular weight is 305 g/mol. The van der Waals surface area contributed by atoms with Crippen LogP contribution in [0.1, 0.15) is 79.0 Å². The molecule has 18 heavy (non-hydrogen) atoms. The molecule has 0 atom stereocenters. The third-order valence-corrected chi connectivity index (χ3v) is 3.81. The second-order valence-electron chi connectivity index (χ2n) is 4.82. The zero-order chi connectivity index (χ0) is 13.0. The molecule has 0 aromatic rings. The number of unbranched alkanes of at least 4 members (excludes halogenated alkanes) is 10. The predicted molar refractivity (Wildman–Crippen MR) is 74.0 cm³/mol. The maximum absolute atomic E-state index is 10.4. The van der Waals surface area contributed by atoms with Crippen LogP contribution in [-0.4, -0.2) is 18.7 Å². The molecule has 0 aromatic heterocycles. The van der Waals surface area contributed by atoms with E-state index < -0.39 is 10.1 Å². The van der Waals surface area contributed by atoms with Gasteiger partial charge < -0.3 is 1.43 Å². The molecular formula is C13H29KO3S. The molecule has 5 heteroatoms. The minimum atomic E-state index is -3.73. The summed E-state index contributed by atoms with van der Waals surface area (Å²) in [4.78, 5) is 0. The molecule has 0 rings (SSSR count). The molecular weight excluding hydrogens is 275 g/mol. The van der Waals surface area contributed by atoms with Gasteiger partial charge in [0.25, 0.3) is 10.1 Å². The molecule has 0 spiro atoms. The molecule has 0 amide bonds. The van der Waals surface area contributed by atoms with Crippen LogP contribution in [0.5, 0.6) is 0 Å². The molecule has 0 unspecified atom stereocenters. The molecule has 0 aliphatic carbocycles. The fourth-order valence-electron chi connectivity index (χ4n) is 1.95. The number of rotatable bonds is 12. The van der Waals surface area contributed by atoms with Crippen molar-refractivity contribution in [3.8, 4) is 0 Å². The largest absolute Gasteiger partial charge is 1.00 e. The Balaban J connectivity index is -0.00000128. The van der Waals surface area contributed by atoms with E-state index in [1.54, 1.807) is 0 Å². The third-order valence-electron chi connectivity index (χ3n) is 3.01. The monoisotopic (exact) mass is 304 g/mol. The first-order chi connectivity index (χ1) is 8.06. The van der Waals surface area contributed by atoms with Crippen LogP contribution in [0.2, 0.25) is 0 Å². The Labute approximate surface area is 157 Å². The van der Waals surface area contributed by atoms with Gasteiger partial charge >= 0.3 is 51.4 Å². The summed E-state index contributed by atoms with van der Waals surface area (Å²) in [5.74, 6) is -0.0793. The van der Waals surface area contributed by atoms with E-state index in [1.807, 2.05) is 0 Å². The Morgan fingerprint density at radius 3 is 1.44 bits per heavy atom. The van der Waals surface area contributed by atoms with Crippen molar-refractivity contribution in [1.29, 1.82) is 0 Å². The Bertz CT molecular complexity index is 259. The van der Waals surface area contributed by atoms with Crippen LogP contribution >= 0.6 is 0 Å². The molecule has 0 saturated heterocycles. The van der Waals surface area contributed by atoms with Gasteiger partial charge in [-0.05, 0) is 6.42 Å². The quantitative estimate of drug-likeness (QED) is 0.336. The zero-order valence-corrected chi connectivity index (χ0v) is 16.1. The van der Waals surface area contributed by atoms with Crippen molar-refractivity contribution in [2.24, 2.45) is 0 Å². The summed E-state index contributed by atoms with van der Waals surface area (Å²) in [7, 11) is -3.73. The summed E-state index contributed by atoms with van der Waals surface area (Å²) >= 11 is 0. The zero-order valence-electron chi connectivity index (χ0n) is 13.2. The summed E-state index contributed by atoms with van der Waals surface area (Å²) in [6.45, 7) is 2.23. The topological polar surface area (TPSA) is 54.4 Å². The van der Waals surface area contributed by atoms with Gasteiger partial charge in [-0.2, -0.15) is 8.42 Å². The summed E-state index contributed by atoms with van der Waals surface area (Å²) in [6.07, 6.45) is 13.1. The summed E-state index contributed by atoms with van der Waals surface area (Å²) in [5.41, 5.74) is 0. The molecule has 0 aliphatic heterocycles. The molecule has 1 N–H and O–H groups in total. The van der Waals surface area contributed by atoms with Crippen molar-refractivity contribution in [1.82, 2.24) is 0 Å². The minimum absolute atomic E-state index is 0. The van der Waals surface area contributed by atoms with Gasteiger partial charge in [0.15, 0.2) is 0 Å². The summed E-state index contributed by atoms with van der Waals surface area (Å²) in [5, 5.41) is 0. The van der Waals surface area contributed by atoms with Gasteiger partial charge in [-0.1, -0.05) is 71.1 Å². The van der Waals surface area contributed by atoms with Gasteiger partial charge in [0.1, 0.15) is 0 Å². The normalized spacial score (nSPS) is 11.2. The molecule has 106 valence electrons. The molecule has 0 aromatic carbocycles. The maximum atomic E-state index is 10.4. The van der Waals surface area contributed by atoms with E-state index in [1.165, 1.54) is 51.4 Å². The van der Waals surface area contributed by atoms with Crippen LogP contribution in [0.3, 0.4) is 0 Å². The Morgan fingerprint density at radius 1 is 0.778 bits per heavy atom. The fourth-order valence-corrected chi connectivity index (χ4v) is 2.52. The molecule has 0 radical (unpaired) electrons. The van der Waals surface area contributed by atoms with E-state index in [-0.39, 0.29) is 58.6 Å². The van der Waals surface area contributed by atoms with Crippen LogP contribution in [0.4, 0.5) is 0 Å². The van der Waals surface area contributed by atoms with Crippen LogP contribution in [0, 0.1) is 0 Å². The minimum Gasteiger partial charge on any atom is -1.00 e. The van der Waals surface area contributed by atoms with E-state index in [0.29, 0.717) is 6.42 Å². The van der Waals surface area contributed by atoms with Crippen molar-refractivity contribution in [3.05, 3.63) is 0 Å². The summed E-state index contributed by atoms with van der Waals surface area (Å²) in [6, 6.07) is 0. The number of hydrogen-bond acceptors (Lipinski definition) is 2. The van der Waals surface area contributed by atoms with Crippen LogP contribution < -0.4 is 51.4 Å². The van der Waals surface area contributed by atoms with Crippen molar-refractivity contribution >= 4 is 10.1 Å². The van der Waals surface area contributed by atoms with Crippen molar-refractivity contribution in [2.45, 2.75) is 77.6 Å². The van der Waals surface area contributed by atoms with E-state index in [4.69, 9.17) is 4.55 Å². The second-order valence-corrected chi connectivity index (χ2v) is 6.39. The maximum Gasteiger partial charge on any atom is 1.00 e. The first kappa shape index (κ1) is 21.8. The molecule has 0 saturated carbocycles. The van der Waals surface area contributed by atoms with Gasteiger partial charge in [0, 0.05) is 0 Å². The number of hydrogen-bond donors (Lipinski definition) is 1. The van der Waals surface area contributed by atoms with Gasteiger partial charge in [-0.15, -0.1) is 0 Å². The second kappa shape index (κ2) is 14.9. The Hall–Kier alpha value is 1.55. The Morgan fingerprint density at radius 2 is 1.11 bits per heavy atom. The van der Waals surface area contributed by atoms with E-state index in [0.717, 1.165) is 12.8 Å². The molecule has 0 aliphatic rings. The van der Waals surface area contributed by atoms with Gasteiger partial charge in [0.05, 0.1) is 5.75 Å². The molecule has 0 fully saturated rings. The third kappa shape index (κ3) is 19.9. The molecule has 0 heterocycles. The van der Waals surface area contributed by atoms with E-state index >= 15 is 0 Å².